The Morgan fingerprint density at radius 2 is 1.48 bits per heavy atom. The van der Waals surface area contributed by atoms with Crippen molar-refractivity contribution in [3.8, 4) is 0 Å². The topological polar surface area (TPSA) is 47.9 Å². The molecule has 23 heavy (non-hydrogen) atoms. The van der Waals surface area contributed by atoms with Crippen molar-refractivity contribution in [3.63, 3.8) is 0 Å². The number of aliphatic hydroxyl groups is 1. The van der Waals surface area contributed by atoms with Gasteiger partial charge in [0, 0.05) is 25.0 Å². The summed E-state index contributed by atoms with van der Waals surface area (Å²) in [7, 11) is -3.32. The van der Waals surface area contributed by atoms with Gasteiger partial charge in [-0.25, -0.2) is 0 Å². The second-order valence-electron chi connectivity index (χ2n) is 5.01. The number of rotatable bonds is 8. The molecule has 1 N–H and O–H groups in total. The molecule has 4 nitrogen and oxygen atoms in total. The van der Waals surface area contributed by atoms with E-state index in [2.05, 4.69) is 0 Å². The lowest BCUT2D eigenvalue weighted by molar-refractivity contribution is -0.258. The molecule has 0 spiro atoms. The van der Waals surface area contributed by atoms with E-state index in [1.54, 1.807) is 26.8 Å². The average Bonchev–Trinajstić information content (AvgIpc) is 2.47. The molecule has 0 aliphatic carbocycles. The van der Waals surface area contributed by atoms with Crippen LogP contribution in [0.25, 0.3) is 0 Å². The summed E-state index contributed by atoms with van der Waals surface area (Å²) in [6, 6.07) is 5.51. The highest BCUT2D eigenvalue weighted by Crippen LogP contribution is 2.38. The van der Waals surface area contributed by atoms with Gasteiger partial charge in [0.25, 0.3) is 0 Å². The summed E-state index contributed by atoms with van der Waals surface area (Å²) >= 11 is 0. The molecule has 0 amide bonds. The Morgan fingerprint density at radius 1 is 1.00 bits per heavy atom. The van der Waals surface area contributed by atoms with Crippen molar-refractivity contribution in [2.24, 2.45) is 0 Å². The van der Waals surface area contributed by atoms with Crippen LogP contribution >= 0.6 is 0 Å². The second kappa shape index (κ2) is 7.76. The first-order valence-corrected chi connectivity index (χ1v) is 9.19. The summed E-state index contributed by atoms with van der Waals surface area (Å²) in [5, 5.41) is 10.3. The van der Waals surface area contributed by atoms with E-state index in [1.165, 1.54) is 18.2 Å². The zero-order chi connectivity index (χ0) is 17.7. The molecule has 0 aromatic heterocycles. The predicted octanol–water partition coefficient (Wildman–Crippen LogP) is 2.71. The van der Waals surface area contributed by atoms with Crippen LogP contribution in [0.4, 0.5) is 13.2 Å². The Bertz CT molecular complexity index is 489. The van der Waals surface area contributed by atoms with Crippen molar-refractivity contribution in [2.75, 3.05) is 19.8 Å². The molecule has 1 rings (SSSR count). The molecule has 0 heterocycles. The van der Waals surface area contributed by atoms with Gasteiger partial charge in [0.1, 0.15) is 0 Å². The Hall–Kier alpha value is -0.933. The van der Waals surface area contributed by atoms with Crippen molar-refractivity contribution in [3.05, 3.63) is 29.8 Å². The molecule has 1 aromatic carbocycles. The highest BCUT2D eigenvalue weighted by Gasteiger charge is 2.52. The molecule has 1 aromatic rings. The van der Waals surface area contributed by atoms with Gasteiger partial charge < -0.3 is 18.4 Å². The molecule has 0 radical (unpaired) electrons. The lowest BCUT2D eigenvalue weighted by Gasteiger charge is -2.31. The zero-order valence-electron chi connectivity index (χ0n) is 13.7. The van der Waals surface area contributed by atoms with Crippen molar-refractivity contribution in [2.45, 2.75) is 39.5 Å². The number of halogens is 3. The van der Waals surface area contributed by atoms with Crippen molar-refractivity contribution < 1.29 is 31.6 Å². The van der Waals surface area contributed by atoms with Gasteiger partial charge in [0.15, 0.2) is 5.60 Å². The monoisotopic (exact) mass is 352 g/mol. The van der Waals surface area contributed by atoms with E-state index in [9.17, 15) is 18.3 Å². The third-order valence-electron chi connectivity index (χ3n) is 3.33. The van der Waals surface area contributed by atoms with Crippen LogP contribution < -0.4 is 5.19 Å². The van der Waals surface area contributed by atoms with E-state index in [-0.39, 0.29) is 5.56 Å². The van der Waals surface area contributed by atoms with Gasteiger partial charge >= 0.3 is 15.0 Å². The first-order chi connectivity index (χ1) is 10.6. The minimum Gasteiger partial charge on any atom is -0.376 e. The van der Waals surface area contributed by atoms with E-state index in [0.29, 0.717) is 25.0 Å². The molecular formula is C15H23F3O4Si. The fourth-order valence-electron chi connectivity index (χ4n) is 2.12. The normalized spacial score (nSPS) is 15.5. The third kappa shape index (κ3) is 4.33. The first kappa shape index (κ1) is 20.1. The SMILES string of the molecule is CCO[Si](OCC)(OCC)c1cccc(C(C)(O)C(F)(F)F)c1. The molecule has 0 saturated carbocycles. The molecule has 0 aliphatic rings. The molecular weight excluding hydrogens is 329 g/mol. The third-order valence-corrected chi connectivity index (χ3v) is 6.36. The summed E-state index contributed by atoms with van der Waals surface area (Å²) in [5.74, 6) is 0. The number of benzene rings is 1. The molecule has 0 aliphatic heterocycles. The smallest absolute Gasteiger partial charge is 0.376 e. The van der Waals surface area contributed by atoms with Crippen LogP contribution in [0.3, 0.4) is 0 Å². The largest absolute Gasteiger partial charge is 0.537 e. The maximum absolute atomic E-state index is 13.1. The minimum atomic E-state index is -4.79. The van der Waals surface area contributed by atoms with Gasteiger partial charge in [-0.15, -0.1) is 0 Å². The summed E-state index contributed by atoms with van der Waals surface area (Å²) in [4.78, 5) is 0. The van der Waals surface area contributed by atoms with Crippen LogP contribution in [0.15, 0.2) is 24.3 Å². The summed E-state index contributed by atoms with van der Waals surface area (Å²) in [5.41, 5.74) is -3.24. The van der Waals surface area contributed by atoms with Crippen LogP contribution in [0, 0.1) is 0 Å². The minimum absolute atomic E-state index is 0.279. The Kier molecular flexibility index (Phi) is 6.78. The van der Waals surface area contributed by atoms with Crippen LogP contribution in [0.2, 0.25) is 0 Å². The van der Waals surface area contributed by atoms with E-state index in [0.717, 1.165) is 6.92 Å². The van der Waals surface area contributed by atoms with Gasteiger partial charge in [-0.1, -0.05) is 18.2 Å². The lowest BCUT2D eigenvalue weighted by Crippen LogP contribution is -2.57. The molecule has 132 valence electrons. The van der Waals surface area contributed by atoms with Gasteiger partial charge in [-0.05, 0) is 39.3 Å². The second-order valence-corrected chi connectivity index (χ2v) is 7.56. The fourth-order valence-corrected chi connectivity index (χ4v) is 4.64. The van der Waals surface area contributed by atoms with E-state index < -0.39 is 20.6 Å². The quantitative estimate of drug-likeness (QED) is 0.731. The maximum atomic E-state index is 13.1. The molecule has 0 fully saturated rings. The van der Waals surface area contributed by atoms with Gasteiger partial charge in [-0.3, -0.25) is 0 Å². The van der Waals surface area contributed by atoms with E-state index >= 15 is 0 Å². The van der Waals surface area contributed by atoms with Gasteiger partial charge in [0.05, 0.1) is 0 Å². The summed E-state index contributed by atoms with van der Waals surface area (Å²) in [6.07, 6.45) is -4.79. The highest BCUT2D eigenvalue weighted by molar-refractivity contribution is 6.75. The van der Waals surface area contributed by atoms with Crippen LogP contribution in [-0.2, 0) is 18.9 Å². The number of hydrogen-bond acceptors (Lipinski definition) is 4. The Morgan fingerprint density at radius 3 is 1.87 bits per heavy atom. The van der Waals surface area contributed by atoms with Crippen LogP contribution in [-0.4, -0.2) is 39.9 Å². The van der Waals surface area contributed by atoms with Gasteiger partial charge in [-0.2, -0.15) is 13.2 Å². The Balaban J connectivity index is 3.37. The zero-order valence-corrected chi connectivity index (χ0v) is 14.7. The Labute approximate surface area is 135 Å². The van der Waals surface area contributed by atoms with Crippen LogP contribution in [0.1, 0.15) is 33.3 Å². The molecule has 0 bridgehead atoms. The lowest BCUT2D eigenvalue weighted by atomic mass is 9.96. The van der Waals surface area contributed by atoms with Crippen molar-refractivity contribution in [1.29, 1.82) is 0 Å². The maximum Gasteiger partial charge on any atom is 0.537 e. The van der Waals surface area contributed by atoms with E-state index in [1.807, 2.05) is 0 Å². The number of alkyl halides is 3. The molecule has 1 unspecified atom stereocenters. The molecule has 0 saturated heterocycles. The number of hydrogen-bond donors (Lipinski definition) is 1. The molecule has 1 atom stereocenters. The molecule has 8 heteroatoms. The summed E-state index contributed by atoms with van der Waals surface area (Å²) < 4.78 is 56.2. The van der Waals surface area contributed by atoms with Crippen LogP contribution in [0.5, 0.6) is 0 Å². The highest BCUT2D eigenvalue weighted by atomic mass is 28.4. The standard InChI is InChI=1S/C15H23F3O4Si/c1-5-20-23(21-6-2,22-7-3)13-10-8-9-12(11-13)14(4,19)15(16,17)18/h8-11,19H,5-7H2,1-4H3. The van der Waals surface area contributed by atoms with Crippen molar-refractivity contribution >= 4 is 14.0 Å². The van der Waals surface area contributed by atoms with Crippen molar-refractivity contribution in [1.82, 2.24) is 0 Å². The average molecular weight is 352 g/mol. The first-order valence-electron chi connectivity index (χ1n) is 7.46. The fraction of sp³-hybridized carbons (Fsp3) is 0.600. The van der Waals surface area contributed by atoms with Gasteiger partial charge in [0.2, 0.25) is 0 Å². The summed E-state index contributed by atoms with van der Waals surface area (Å²) in [6.45, 7) is 6.89. The van der Waals surface area contributed by atoms with E-state index in [4.69, 9.17) is 13.3 Å². The predicted molar refractivity (Wildman–Crippen MR) is 82.3 cm³/mol.